The number of hydrogen-bond acceptors (Lipinski definition) is 4. The molecule has 6 aromatic carbocycles. The van der Waals surface area contributed by atoms with E-state index in [2.05, 4.69) is 186 Å². The zero-order valence-electron chi connectivity index (χ0n) is 37.4. The van der Waals surface area contributed by atoms with E-state index in [-0.39, 0.29) is 37.6 Å². The van der Waals surface area contributed by atoms with E-state index in [1.165, 1.54) is 21.9 Å². The Balaban J connectivity index is 0.00000533. The summed E-state index contributed by atoms with van der Waals surface area (Å²) in [4.78, 5) is 14.9. The second kappa shape index (κ2) is 17.2. The van der Waals surface area contributed by atoms with Gasteiger partial charge in [0, 0.05) is 72.3 Å². The van der Waals surface area contributed by atoms with Crippen LogP contribution in [0, 0.1) is 6.07 Å². The average Bonchev–Trinajstić information content (AvgIpc) is 3.66. The topological polar surface area (TPSA) is 63.8 Å². The van der Waals surface area contributed by atoms with Crippen LogP contribution in [-0.2, 0) is 31.9 Å². The fraction of sp³-hybridized carbons (Fsp3) is 0.136. The normalized spacial score (nSPS) is 11.8. The van der Waals surface area contributed by atoms with Gasteiger partial charge in [-0.2, -0.15) is 0 Å². The van der Waals surface area contributed by atoms with Crippen molar-refractivity contribution < 1.29 is 26.2 Å². The molecule has 4 aromatic heterocycles. The van der Waals surface area contributed by atoms with Gasteiger partial charge in [0.1, 0.15) is 5.75 Å². The van der Waals surface area contributed by atoms with Gasteiger partial charge in [-0.05, 0) is 87.2 Å². The van der Waals surface area contributed by atoms with Gasteiger partial charge in [0.2, 0.25) is 0 Å². The van der Waals surface area contributed by atoms with Crippen molar-refractivity contribution in [1.29, 1.82) is 0 Å². The van der Waals surface area contributed by atoms with Crippen molar-refractivity contribution in [1.82, 2.24) is 19.5 Å². The fourth-order valence-corrected chi connectivity index (χ4v) is 8.75. The molecule has 1 N–H and O–H groups in total. The number of aromatic hydroxyl groups is 1. The molecule has 0 aliphatic heterocycles. The first-order valence-electron chi connectivity index (χ1n) is 21.9. The third-order valence-electron chi connectivity index (χ3n) is 12.2. The van der Waals surface area contributed by atoms with Gasteiger partial charge >= 0.3 is 0 Å². The molecule has 0 saturated carbocycles. The molecule has 0 unspecified atom stereocenters. The fourth-order valence-electron chi connectivity index (χ4n) is 8.75. The van der Waals surface area contributed by atoms with Crippen molar-refractivity contribution in [2.45, 2.75) is 52.4 Å². The molecule has 0 atom stereocenters. The van der Waals surface area contributed by atoms with Crippen LogP contribution >= 0.6 is 0 Å². The maximum absolute atomic E-state index is 11.1. The SMILES string of the molecule is CC(C)(C)c1cc(-c2cc(-c3[c-]c(-c4cc(-c5cccc6c7ccccc7n(-c7ccccc7-c7ccccn7)c56)ccn4)ccc3)nc(-c3ccccc3O)c2)cc(C(C)(C)C)c1.[Pt]. The second-order valence-electron chi connectivity index (χ2n) is 18.6. The molecule has 10 aromatic rings. The molecule has 322 valence electrons. The molecular weight excluding hydrogens is 976 g/mol. The van der Waals surface area contributed by atoms with E-state index >= 15 is 0 Å². The summed E-state index contributed by atoms with van der Waals surface area (Å²) in [7, 11) is 0. The Morgan fingerprint density at radius 3 is 1.78 bits per heavy atom. The summed E-state index contributed by atoms with van der Waals surface area (Å²) in [5, 5.41) is 13.5. The van der Waals surface area contributed by atoms with Crippen LogP contribution in [0.25, 0.3) is 94.8 Å². The second-order valence-corrected chi connectivity index (χ2v) is 18.6. The molecule has 0 amide bonds. The Morgan fingerprint density at radius 2 is 1.05 bits per heavy atom. The number of fused-ring (bicyclic) bond motifs is 3. The zero-order chi connectivity index (χ0) is 44.2. The molecule has 0 spiro atoms. The van der Waals surface area contributed by atoms with Crippen molar-refractivity contribution in [2.24, 2.45) is 0 Å². The van der Waals surface area contributed by atoms with Gasteiger partial charge in [-0.25, -0.2) is 0 Å². The molecule has 0 aliphatic carbocycles. The third kappa shape index (κ3) is 8.33. The maximum atomic E-state index is 11.1. The minimum Gasteiger partial charge on any atom is -0.507 e. The van der Waals surface area contributed by atoms with Crippen LogP contribution in [0.3, 0.4) is 0 Å². The summed E-state index contributed by atoms with van der Waals surface area (Å²) < 4.78 is 2.39. The van der Waals surface area contributed by atoms with E-state index in [4.69, 9.17) is 15.0 Å². The summed E-state index contributed by atoms with van der Waals surface area (Å²) in [6.07, 6.45) is 3.74. The molecule has 4 heterocycles. The van der Waals surface area contributed by atoms with Crippen LogP contribution in [-0.4, -0.2) is 24.6 Å². The predicted molar refractivity (Wildman–Crippen MR) is 265 cm³/mol. The first-order valence-corrected chi connectivity index (χ1v) is 21.9. The Morgan fingerprint density at radius 1 is 0.462 bits per heavy atom. The van der Waals surface area contributed by atoms with Crippen molar-refractivity contribution in [3.63, 3.8) is 0 Å². The van der Waals surface area contributed by atoms with E-state index in [0.717, 1.165) is 72.7 Å². The van der Waals surface area contributed by atoms with E-state index in [1.807, 2.05) is 42.7 Å². The molecule has 0 saturated heterocycles. The van der Waals surface area contributed by atoms with Crippen LogP contribution in [0.5, 0.6) is 5.75 Å². The van der Waals surface area contributed by atoms with E-state index in [0.29, 0.717) is 11.3 Å². The van der Waals surface area contributed by atoms with Gasteiger partial charge in [0.05, 0.1) is 28.1 Å². The van der Waals surface area contributed by atoms with Crippen molar-refractivity contribution in [2.75, 3.05) is 0 Å². The van der Waals surface area contributed by atoms with Crippen LogP contribution in [0.4, 0.5) is 0 Å². The number of benzene rings is 6. The number of rotatable bonds is 7. The monoisotopic (exact) mass is 1020 g/mol. The summed E-state index contributed by atoms with van der Waals surface area (Å²) in [6.45, 7) is 13.6. The van der Waals surface area contributed by atoms with Gasteiger partial charge in [-0.3, -0.25) is 15.0 Å². The Kier molecular flexibility index (Phi) is 11.5. The Bertz CT molecular complexity index is 3340. The molecule has 10 rings (SSSR count). The zero-order valence-corrected chi connectivity index (χ0v) is 39.6. The number of pyridine rings is 3. The molecule has 0 bridgehead atoms. The minimum absolute atomic E-state index is 0. The number of para-hydroxylation sites is 4. The summed E-state index contributed by atoms with van der Waals surface area (Å²) in [5.41, 5.74) is 16.6. The number of nitrogens with zero attached hydrogens (tertiary/aromatic N) is 4. The molecule has 6 heteroatoms. The predicted octanol–water partition coefficient (Wildman–Crippen LogP) is 15.1. The van der Waals surface area contributed by atoms with Crippen molar-refractivity contribution >= 4 is 21.8 Å². The van der Waals surface area contributed by atoms with Crippen LogP contribution in [0.15, 0.2) is 182 Å². The molecule has 0 aliphatic rings. The van der Waals surface area contributed by atoms with Crippen molar-refractivity contribution in [3.8, 4) is 78.7 Å². The molecular formula is C59H49N4OPt-. The largest absolute Gasteiger partial charge is 0.507 e. The maximum Gasteiger partial charge on any atom is 0.124 e. The van der Waals surface area contributed by atoms with E-state index in [9.17, 15) is 5.11 Å². The van der Waals surface area contributed by atoms with Gasteiger partial charge in [-0.15, -0.1) is 24.3 Å². The van der Waals surface area contributed by atoms with Gasteiger partial charge in [0.15, 0.2) is 0 Å². The third-order valence-corrected chi connectivity index (χ3v) is 12.2. The summed E-state index contributed by atoms with van der Waals surface area (Å²) in [5.74, 6) is 0.185. The van der Waals surface area contributed by atoms with Gasteiger partial charge in [-0.1, -0.05) is 156 Å². The summed E-state index contributed by atoms with van der Waals surface area (Å²) in [6, 6.07) is 62.5. The summed E-state index contributed by atoms with van der Waals surface area (Å²) >= 11 is 0. The Hall–Kier alpha value is -6.94. The van der Waals surface area contributed by atoms with Crippen LogP contribution < -0.4 is 0 Å². The number of phenols is 1. The number of phenolic OH excluding ortho intramolecular Hbond substituents is 1. The number of aromatic nitrogens is 4. The van der Waals surface area contributed by atoms with Gasteiger partial charge < -0.3 is 9.67 Å². The average molecular weight is 1030 g/mol. The molecule has 5 nitrogen and oxygen atoms in total. The van der Waals surface area contributed by atoms with Crippen LogP contribution in [0.2, 0.25) is 0 Å². The first-order chi connectivity index (χ1) is 30.9. The van der Waals surface area contributed by atoms with Crippen LogP contribution in [0.1, 0.15) is 52.7 Å². The minimum atomic E-state index is -0.0533. The molecule has 0 radical (unpaired) electrons. The molecule has 0 fully saturated rings. The molecule has 65 heavy (non-hydrogen) atoms. The Labute approximate surface area is 395 Å². The standard InChI is InChI=1S/C59H49N4O.Pt/c1-58(2,3)43-32-41(33-44(37-43)59(4,5)6)42-35-52(62-53(36-42)49-21-9-12-27-56(49)64)40-18-15-17-39(31-40)51-34-38(28-30-61-51)45-22-16-23-47-46-19-7-10-25-54(46)63(57(45)47)55-26-11-8-20-48(55)50-24-13-14-29-60-50;/h7-30,32-37,64H,1-6H3;/q-1;. The quantitative estimate of drug-likeness (QED) is 0.162. The first kappa shape index (κ1) is 43.3. The smallest absolute Gasteiger partial charge is 0.124 e. The van der Waals surface area contributed by atoms with E-state index in [1.54, 1.807) is 6.07 Å². The number of hydrogen-bond donors (Lipinski definition) is 1. The van der Waals surface area contributed by atoms with Gasteiger partial charge in [0.25, 0.3) is 0 Å². The van der Waals surface area contributed by atoms with E-state index < -0.39 is 0 Å². The van der Waals surface area contributed by atoms with Crippen molar-refractivity contribution in [3.05, 3.63) is 199 Å².